The Morgan fingerprint density at radius 2 is 2.10 bits per heavy atom. The number of aromatic nitrogens is 3. The van der Waals surface area contributed by atoms with Crippen LogP contribution in [0.2, 0.25) is 0 Å². The highest BCUT2D eigenvalue weighted by Crippen LogP contribution is 2.31. The molecule has 1 atom stereocenters. The molecule has 8 nitrogen and oxygen atoms in total. The van der Waals surface area contributed by atoms with E-state index in [1.165, 1.54) is 11.3 Å². The third-order valence-corrected chi connectivity index (χ3v) is 5.76. The third-order valence-electron chi connectivity index (χ3n) is 5.00. The minimum atomic E-state index is -1.09. The van der Waals surface area contributed by atoms with Crippen LogP contribution in [-0.2, 0) is 16.7 Å². The number of aryl methyl sites for hydroxylation is 1. The third kappa shape index (κ3) is 3.61. The van der Waals surface area contributed by atoms with Crippen LogP contribution in [0.1, 0.15) is 24.6 Å². The molecule has 0 fully saturated rings. The number of nitrogens with one attached hydrogen (secondary N) is 1. The van der Waals surface area contributed by atoms with Crippen molar-refractivity contribution in [2.24, 2.45) is 12.2 Å². The molecule has 0 bridgehead atoms. The molecular formula is C20H21N5O3S. The van der Waals surface area contributed by atoms with Crippen molar-refractivity contribution in [3.8, 4) is 17.0 Å². The van der Waals surface area contributed by atoms with Gasteiger partial charge in [-0.3, -0.25) is 14.8 Å². The van der Waals surface area contributed by atoms with Gasteiger partial charge in [0.25, 0.3) is 5.91 Å². The van der Waals surface area contributed by atoms with Crippen LogP contribution >= 0.6 is 11.3 Å². The summed E-state index contributed by atoms with van der Waals surface area (Å²) in [6.45, 7) is 3.70. The number of hydrogen-bond acceptors (Lipinski definition) is 7. The molecule has 1 aliphatic rings. The quantitative estimate of drug-likeness (QED) is 0.695. The molecule has 29 heavy (non-hydrogen) atoms. The summed E-state index contributed by atoms with van der Waals surface area (Å²) in [5.74, 6) is 0.478. The number of carbonyl (C=O) groups excluding carboxylic acids is 1. The van der Waals surface area contributed by atoms with E-state index in [2.05, 4.69) is 20.6 Å². The average Bonchev–Trinajstić information content (AvgIpc) is 3.43. The zero-order chi connectivity index (χ0) is 20.6. The molecule has 0 unspecified atom stereocenters. The van der Waals surface area contributed by atoms with Crippen molar-refractivity contribution in [1.29, 1.82) is 0 Å². The average molecular weight is 411 g/mol. The van der Waals surface area contributed by atoms with Crippen LogP contribution in [0.4, 0.5) is 5.13 Å². The molecule has 9 heteroatoms. The maximum atomic E-state index is 12.9. The molecular weight excluding hydrogens is 390 g/mol. The van der Waals surface area contributed by atoms with E-state index < -0.39 is 5.60 Å². The van der Waals surface area contributed by atoms with Gasteiger partial charge in [-0.2, -0.15) is 5.10 Å². The van der Waals surface area contributed by atoms with Crippen molar-refractivity contribution in [2.75, 3.05) is 12.4 Å². The molecule has 0 radical (unpaired) electrons. The fraction of sp³-hybridized carbons (Fsp3) is 0.300. The van der Waals surface area contributed by atoms with E-state index >= 15 is 0 Å². The summed E-state index contributed by atoms with van der Waals surface area (Å²) in [5, 5.41) is 13.6. The molecule has 0 aliphatic carbocycles. The van der Waals surface area contributed by atoms with Gasteiger partial charge in [0.2, 0.25) is 5.60 Å². The lowest BCUT2D eigenvalue weighted by Gasteiger charge is -2.19. The van der Waals surface area contributed by atoms with Gasteiger partial charge in [-0.05, 0) is 43.7 Å². The Labute approximate surface area is 172 Å². The standard InChI is InChI=1S/C20H21N5O3S/c1-12-15(10-21-25(12)3)17-11-29-19(22-17)23-18(26)20(2)9-16(24-28-20)13-5-7-14(27-4)8-6-13/h5-8,10-11H,9H2,1-4H3,(H,22,23,26)/t20-/m1/s1. The number of anilines is 1. The van der Waals surface area contributed by atoms with Crippen LogP contribution in [0.25, 0.3) is 11.3 Å². The predicted octanol–water partition coefficient (Wildman–Crippen LogP) is 3.38. The van der Waals surface area contributed by atoms with Crippen LogP contribution < -0.4 is 10.1 Å². The Hall–Kier alpha value is -3.20. The Kier molecular flexibility index (Phi) is 4.83. The molecule has 1 aromatic carbocycles. The highest BCUT2D eigenvalue weighted by atomic mass is 32.1. The first-order valence-corrected chi connectivity index (χ1v) is 9.93. The second-order valence-electron chi connectivity index (χ2n) is 7.02. The highest BCUT2D eigenvalue weighted by molar-refractivity contribution is 7.14. The summed E-state index contributed by atoms with van der Waals surface area (Å²) in [7, 11) is 3.50. The van der Waals surface area contributed by atoms with Gasteiger partial charge in [0, 0.05) is 30.1 Å². The number of thiazole rings is 1. The second kappa shape index (κ2) is 7.32. The van der Waals surface area contributed by atoms with Gasteiger partial charge in [0.1, 0.15) is 5.75 Å². The minimum absolute atomic E-state index is 0.284. The number of ether oxygens (including phenoxy) is 1. The summed E-state index contributed by atoms with van der Waals surface area (Å²) in [6.07, 6.45) is 2.14. The van der Waals surface area contributed by atoms with E-state index in [0.29, 0.717) is 11.6 Å². The summed E-state index contributed by atoms with van der Waals surface area (Å²) in [5.41, 5.74) is 3.26. The first-order valence-electron chi connectivity index (χ1n) is 9.05. The van der Waals surface area contributed by atoms with Gasteiger partial charge in [-0.1, -0.05) is 5.16 Å². The van der Waals surface area contributed by atoms with E-state index in [4.69, 9.17) is 9.57 Å². The van der Waals surface area contributed by atoms with E-state index in [-0.39, 0.29) is 5.91 Å². The van der Waals surface area contributed by atoms with Crippen LogP contribution in [-0.4, -0.2) is 39.1 Å². The van der Waals surface area contributed by atoms with Crippen LogP contribution in [0, 0.1) is 6.92 Å². The van der Waals surface area contributed by atoms with E-state index in [1.807, 2.05) is 43.6 Å². The SMILES string of the molecule is COc1ccc(C2=NO[C@@](C)(C(=O)Nc3nc(-c4cnn(C)c4C)cs3)C2)cc1. The van der Waals surface area contributed by atoms with Crippen molar-refractivity contribution in [2.45, 2.75) is 25.9 Å². The Balaban J connectivity index is 1.44. The lowest BCUT2D eigenvalue weighted by atomic mass is 9.95. The topological polar surface area (TPSA) is 90.6 Å². The van der Waals surface area contributed by atoms with E-state index in [1.54, 1.807) is 24.9 Å². The first kappa shape index (κ1) is 19.1. The number of benzene rings is 1. The molecule has 0 spiro atoms. The van der Waals surface area contributed by atoms with Gasteiger partial charge >= 0.3 is 0 Å². The van der Waals surface area contributed by atoms with Crippen molar-refractivity contribution in [3.05, 3.63) is 47.1 Å². The smallest absolute Gasteiger partial charge is 0.273 e. The zero-order valence-corrected chi connectivity index (χ0v) is 17.4. The molecule has 3 aromatic rings. The molecule has 1 N–H and O–H groups in total. The van der Waals surface area contributed by atoms with Crippen molar-refractivity contribution in [1.82, 2.24) is 14.8 Å². The van der Waals surface area contributed by atoms with E-state index in [0.717, 1.165) is 34.0 Å². The number of nitrogens with zero attached hydrogens (tertiary/aromatic N) is 4. The van der Waals surface area contributed by atoms with Crippen molar-refractivity contribution >= 4 is 28.1 Å². The maximum Gasteiger partial charge on any atom is 0.273 e. The number of hydrogen-bond donors (Lipinski definition) is 1. The molecule has 0 saturated carbocycles. The molecule has 3 heterocycles. The van der Waals surface area contributed by atoms with Crippen LogP contribution in [0.3, 0.4) is 0 Å². The number of methoxy groups -OCH3 is 1. The molecule has 1 amide bonds. The molecule has 4 rings (SSSR count). The monoisotopic (exact) mass is 411 g/mol. The van der Waals surface area contributed by atoms with Gasteiger partial charge in [-0.15, -0.1) is 11.3 Å². The Morgan fingerprint density at radius 3 is 2.76 bits per heavy atom. The van der Waals surface area contributed by atoms with Crippen molar-refractivity contribution in [3.63, 3.8) is 0 Å². The maximum absolute atomic E-state index is 12.9. The first-order chi connectivity index (χ1) is 13.9. The summed E-state index contributed by atoms with van der Waals surface area (Å²) in [4.78, 5) is 22.9. The van der Waals surface area contributed by atoms with Gasteiger partial charge in [0.05, 0.1) is 24.7 Å². The molecule has 1 aliphatic heterocycles. The Bertz CT molecular complexity index is 1090. The largest absolute Gasteiger partial charge is 0.497 e. The fourth-order valence-corrected chi connectivity index (χ4v) is 3.74. The van der Waals surface area contributed by atoms with Gasteiger partial charge in [-0.25, -0.2) is 4.98 Å². The van der Waals surface area contributed by atoms with Crippen molar-refractivity contribution < 1.29 is 14.4 Å². The predicted molar refractivity (Wildman–Crippen MR) is 111 cm³/mol. The summed E-state index contributed by atoms with van der Waals surface area (Å²) < 4.78 is 6.96. The number of oxime groups is 1. The van der Waals surface area contributed by atoms with Crippen LogP contribution in [0.15, 0.2) is 41.0 Å². The highest BCUT2D eigenvalue weighted by Gasteiger charge is 2.42. The van der Waals surface area contributed by atoms with Crippen LogP contribution in [0.5, 0.6) is 5.75 Å². The normalized spacial score (nSPS) is 18.3. The fourth-order valence-electron chi connectivity index (χ4n) is 3.03. The lowest BCUT2D eigenvalue weighted by molar-refractivity contribution is -0.135. The lowest BCUT2D eigenvalue weighted by Crippen LogP contribution is -2.40. The van der Waals surface area contributed by atoms with Gasteiger partial charge < -0.3 is 9.57 Å². The summed E-state index contributed by atoms with van der Waals surface area (Å²) in [6, 6.07) is 7.50. The number of carbonyl (C=O) groups is 1. The zero-order valence-electron chi connectivity index (χ0n) is 16.6. The number of rotatable bonds is 5. The molecule has 0 saturated heterocycles. The van der Waals surface area contributed by atoms with Gasteiger partial charge in [0.15, 0.2) is 5.13 Å². The molecule has 2 aromatic heterocycles. The molecule has 150 valence electrons. The minimum Gasteiger partial charge on any atom is -0.497 e. The summed E-state index contributed by atoms with van der Waals surface area (Å²) >= 11 is 1.36. The van der Waals surface area contributed by atoms with E-state index in [9.17, 15) is 4.79 Å². The second-order valence-corrected chi connectivity index (χ2v) is 7.88. The Morgan fingerprint density at radius 1 is 1.34 bits per heavy atom. The number of amides is 1.